The molecule has 0 radical (unpaired) electrons. The molecule has 1 heterocycles. The molecule has 0 aliphatic carbocycles. The van der Waals surface area contributed by atoms with Crippen LogP contribution in [0.25, 0.3) is 0 Å². The summed E-state index contributed by atoms with van der Waals surface area (Å²) in [7, 11) is -3.42. The number of rotatable bonds is 5. The minimum absolute atomic E-state index is 0.0829. The van der Waals surface area contributed by atoms with E-state index in [4.69, 9.17) is 0 Å². The number of sulfone groups is 1. The third kappa shape index (κ3) is 4.92. The van der Waals surface area contributed by atoms with E-state index in [1.807, 2.05) is 0 Å². The first-order chi connectivity index (χ1) is 13.6. The molecule has 154 valence electrons. The van der Waals surface area contributed by atoms with Crippen molar-refractivity contribution in [2.75, 3.05) is 29.6 Å². The van der Waals surface area contributed by atoms with Gasteiger partial charge in [0.2, 0.25) is 0 Å². The van der Waals surface area contributed by atoms with E-state index in [-0.39, 0.29) is 16.1 Å². The van der Waals surface area contributed by atoms with Crippen LogP contribution in [0.3, 0.4) is 0 Å². The number of hydrogen-bond donors (Lipinski definition) is 1. The first-order valence-electron chi connectivity index (χ1n) is 9.30. The van der Waals surface area contributed by atoms with Crippen LogP contribution in [0, 0.1) is 16.0 Å². The largest absolute Gasteiger partial charge is 0.371 e. The standard InChI is InChI=1S/C20H23N3O5S/c1-14-8-10-22(11-9-14)19-7-6-16(23(25)26)13-18(19)20(24)21-15-4-3-5-17(12-15)29(2,27)28/h3-7,12-14H,8-11H2,1-2H3,(H,21,24). The second-order valence-corrected chi connectivity index (χ2v) is 9.40. The van der Waals surface area contributed by atoms with Crippen LogP contribution in [0.5, 0.6) is 0 Å². The zero-order valence-electron chi connectivity index (χ0n) is 16.3. The second-order valence-electron chi connectivity index (χ2n) is 7.38. The summed E-state index contributed by atoms with van der Waals surface area (Å²) in [6.07, 6.45) is 3.05. The van der Waals surface area contributed by atoms with Crippen LogP contribution < -0.4 is 10.2 Å². The van der Waals surface area contributed by atoms with Crippen LogP contribution in [0.4, 0.5) is 17.1 Å². The Morgan fingerprint density at radius 3 is 2.48 bits per heavy atom. The molecule has 1 saturated heterocycles. The Hall–Kier alpha value is -2.94. The molecule has 0 bridgehead atoms. The highest BCUT2D eigenvalue weighted by atomic mass is 32.2. The number of nitrogens with zero attached hydrogens (tertiary/aromatic N) is 2. The summed E-state index contributed by atoms with van der Waals surface area (Å²) >= 11 is 0. The van der Waals surface area contributed by atoms with Crippen molar-refractivity contribution in [2.24, 2.45) is 5.92 Å². The highest BCUT2D eigenvalue weighted by Gasteiger charge is 2.24. The fraction of sp³-hybridized carbons (Fsp3) is 0.350. The number of anilines is 2. The quantitative estimate of drug-likeness (QED) is 0.589. The Morgan fingerprint density at radius 2 is 1.86 bits per heavy atom. The fourth-order valence-electron chi connectivity index (χ4n) is 3.35. The molecule has 0 saturated carbocycles. The maximum atomic E-state index is 13.0. The number of nitro groups is 1. The smallest absolute Gasteiger partial charge is 0.270 e. The minimum atomic E-state index is -3.42. The van der Waals surface area contributed by atoms with Crippen molar-refractivity contribution in [3.05, 3.63) is 58.1 Å². The van der Waals surface area contributed by atoms with Crippen molar-refractivity contribution < 1.29 is 18.1 Å². The van der Waals surface area contributed by atoms with Crippen LogP contribution in [0.1, 0.15) is 30.1 Å². The summed E-state index contributed by atoms with van der Waals surface area (Å²) in [4.78, 5) is 25.8. The average molecular weight is 417 g/mol. The van der Waals surface area contributed by atoms with Crippen LogP contribution >= 0.6 is 0 Å². The van der Waals surface area contributed by atoms with Gasteiger partial charge < -0.3 is 10.2 Å². The molecule has 0 unspecified atom stereocenters. The van der Waals surface area contributed by atoms with Crippen molar-refractivity contribution in [1.82, 2.24) is 0 Å². The number of nitro benzene ring substituents is 1. The number of amides is 1. The molecule has 0 spiro atoms. The number of non-ortho nitro benzene ring substituents is 1. The maximum Gasteiger partial charge on any atom is 0.270 e. The lowest BCUT2D eigenvalue weighted by atomic mass is 9.98. The van der Waals surface area contributed by atoms with Gasteiger partial charge in [-0.2, -0.15) is 0 Å². The lowest BCUT2D eigenvalue weighted by Crippen LogP contribution is -2.34. The molecule has 3 rings (SSSR count). The van der Waals surface area contributed by atoms with Crippen molar-refractivity contribution in [3.63, 3.8) is 0 Å². The van der Waals surface area contributed by atoms with Gasteiger partial charge in [-0.3, -0.25) is 14.9 Å². The first-order valence-corrected chi connectivity index (χ1v) is 11.2. The fourth-order valence-corrected chi connectivity index (χ4v) is 4.01. The van der Waals surface area contributed by atoms with Gasteiger partial charge in [0.05, 0.1) is 21.1 Å². The summed E-state index contributed by atoms with van der Waals surface area (Å²) in [5.74, 6) is 0.0771. The molecular formula is C20H23N3O5S. The Labute approximate surface area is 169 Å². The molecule has 2 aromatic carbocycles. The zero-order valence-corrected chi connectivity index (χ0v) is 17.1. The third-order valence-corrected chi connectivity index (χ3v) is 6.19. The lowest BCUT2D eigenvalue weighted by Gasteiger charge is -2.33. The van der Waals surface area contributed by atoms with Crippen molar-refractivity contribution in [2.45, 2.75) is 24.7 Å². The minimum Gasteiger partial charge on any atom is -0.371 e. The number of carbonyl (C=O) groups excluding carboxylic acids is 1. The van der Waals surface area contributed by atoms with Crippen molar-refractivity contribution in [1.29, 1.82) is 0 Å². The number of benzene rings is 2. The van der Waals surface area contributed by atoms with Gasteiger partial charge in [0.1, 0.15) is 0 Å². The summed E-state index contributed by atoms with van der Waals surface area (Å²) in [6, 6.07) is 10.2. The van der Waals surface area contributed by atoms with E-state index in [0.717, 1.165) is 32.2 Å². The summed E-state index contributed by atoms with van der Waals surface area (Å²) in [5, 5.41) is 13.9. The lowest BCUT2D eigenvalue weighted by molar-refractivity contribution is -0.384. The van der Waals surface area contributed by atoms with Gasteiger partial charge in [0, 0.05) is 37.2 Å². The van der Waals surface area contributed by atoms with Gasteiger partial charge >= 0.3 is 0 Å². The Kier molecular flexibility index (Phi) is 5.88. The third-order valence-electron chi connectivity index (χ3n) is 5.08. The SMILES string of the molecule is CC1CCN(c2ccc([N+](=O)[O-])cc2C(=O)Nc2cccc(S(C)(=O)=O)c2)CC1. The first kappa shape index (κ1) is 20.8. The predicted octanol–water partition coefficient (Wildman–Crippen LogP) is 3.49. The van der Waals surface area contributed by atoms with E-state index in [1.54, 1.807) is 12.1 Å². The Bertz CT molecular complexity index is 1040. The van der Waals surface area contributed by atoms with Crippen LogP contribution in [-0.2, 0) is 9.84 Å². The number of carbonyl (C=O) groups is 1. The van der Waals surface area contributed by atoms with Gasteiger partial charge in [0.15, 0.2) is 9.84 Å². The van der Waals surface area contributed by atoms with Crippen molar-refractivity contribution >= 4 is 32.8 Å². The van der Waals surface area contributed by atoms with Gasteiger partial charge in [-0.1, -0.05) is 13.0 Å². The summed E-state index contributed by atoms with van der Waals surface area (Å²) < 4.78 is 23.5. The van der Waals surface area contributed by atoms with Gasteiger partial charge in [0.25, 0.3) is 11.6 Å². The second kappa shape index (κ2) is 8.20. The van der Waals surface area contributed by atoms with Gasteiger partial charge in [-0.25, -0.2) is 8.42 Å². The van der Waals surface area contributed by atoms with E-state index < -0.39 is 20.7 Å². The monoisotopic (exact) mass is 417 g/mol. The van der Waals surface area contributed by atoms with E-state index in [0.29, 0.717) is 17.3 Å². The molecule has 1 N–H and O–H groups in total. The molecule has 1 amide bonds. The topological polar surface area (TPSA) is 110 Å². The van der Waals surface area contributed by atoms with Crippen molar-refractivity contribution in [3.8, 4) is 0 Å². The molecule has 0 atom stereocenters. The molecule has 29 heavy (non-hydrogen) atoms. The Balaban J connectivity index is 1.94. The molecule has 2 aromatic rings. The van der Waals surface area contributed by atoms with Crippen LogP contribution in [0.2, 0.25) is 0 Å². The molecule has 9 heteroatoms. The Morgan fingerprint density at radius 1 is 1.17 bits per heavy atom. The van der Waals surface area contributed by atoms with Crippen LogP contribution in [0.15, 0.2) is 47.4 Å². The predicted molar refractivity (Wildman–Crippen MR) is 111 cm³/mol. The normalized spacial score (nSPS) is 15.2. The summed E-state index contributed by atoms with van der Waals surface area (Å²) in [5.41, 5.74) is 0.967. The highest BCUT2D eigenvalue weighted by molar-refractivity contribution is 7.90. The molecule has 0 aromatic heterocycles. The highest BCUT2D eigenvalue weighted by Crippen LogP contribution is 2.30. The van der Waals surface area contributed by atoms with E-state index in [2.05, 4.69) is 17.1 Å². The average Bonchev–Trinajstić information content (AvgIpc) is 2.67. The van der Waals surface area contributed by atoms with Gasteiger partial charge in [-0.05, 0) is 43.0 Å². The maximum absolute atomic E-state index is 13.0. The van der Waals surface area contributed by atoms with E-state index in [9.17, 15) is 23.3 Å². The van der Waals surface area contributed by atoms with Crippen LogP contribution in [-0.4, -0.2) is 38.6 Å². The van der Waals surface area contributed by atoms with Gasteiger partial charge in [-0.15, -0.1) is 0 Å². The molecule has 8 nitrogen and oxygen atoms in total. The molecule has 1 aliphatic heterocycles. The molecule has 1 aliphatic rings. The molecular weight excluding hydrogens is 394 g/mol. The number of hydrogen-bond acceptors (Lipinski definition) is 6. The van der Waals surface area contributed by atoms with E-state index >= 15 is 0 Å². The van der Waals surface area contributed by atoms with E-state index in [1.165, 1.54) is 30.3 Å². The number of nitrogens with one attached hydrogen (secondary N) is 1. The zero-order chi connectivity index (χ0) is 21.2. The number of piperidine rings is 1. The summed E-state index contributed by atoms with van der Waals surface area (Å²) in [6.45, 7) is 3.71. The molecule has 1 fully saturated rings.